The molecule has 0 saturated carbocycles. The van der Waals surface area contributed by atoms with E-state index in [1.165, 1.54) is 6.07 Å². The molecule has 1 rings (SSSR count). The van der Waals surface area contributed by atoms with Crippen molar-refractivity contribution in [3.8, 4) is 0 Å². The van der Waals surface area contributed by atoms with Crippen molar-refractivity contribution in [2.24, 2.45) is 5.73 Å². The van der Waals surface area contributed by atoms with Crippen LogP contribution >= 0.6 is 27.5 Å². The minimum absolute atomic E-state index is 0.0397. The molecule has 0 aliphatic carbocycles. The van der Waals surface area contributed by atoms with Crippen molar-refractivity contribution in [1.29, 1.82) is 0 Å². The van der Waals surface area contributed by atoms with Crippen molar-refractivity contribution in [2.75, 3.05) is 0 Å². The number of halogens is 4. The summed E-state index contributed by atoms with van der Waals surface area (Å²) in [7, 11) is 0. The summed E-state index contributed by atoms with van der Waals surface area (Å²) in [4.78, 5) is 3.61. The van der Waals surface area contributed by atoms with Crippen LogP contribution in [0.3, 0.4) is 0 Å². The molecular formula is C7H6BrClF2N2. The summed E-state index contributed by atoms with van der Waals surface area (Å²) in [5.74, 6) is 0. The van der Waals surface area contributed by atoms with Gasteiger partial charge < -0.3 is 5.73 Å². The molecular weight excluding hydrogens is 265 g/mol. The SMILES string of the molecule is NCc1nc(C(F)F)cc(Br)c1Cl. The van der Waals surface area contributed by atoms with Crippen molar-refractivity contribution in [3.05, 3.63) is 26.9 Å². The molecule has 0 atom stereocenters. The molecule has 2 nitrogen and oxygen atoms in total. The van der Waals surface area contributed by atoms with Gasteiger partial charge in [-0.15, -0.1) is 0 Å². The Morgan fingerprint density at radius 1 is 1.62 bits per heavy atom. The number of hydrogen-bond acceptors (Lipinski definition) is 2. The van der Waals surface area contributed by atoms with Gasteiger partial charge in [-0.1, -0.05) is 11.6 Å². The first-order valence-electron chi connectivity index (χ1n) is 3.39. The lowest BCUT2D eigenvalue weighted by molar-refractivity contribution is 0.145. The van der Waals surface area contributed by atoms with Crippen LogP contribution in [0.2, 0.25) is 5.02 Å². The zero-order chi connectivity index (χ0) is 10.0. The Morgan fingerprint density at radius 3 is 2.69 bits per heavy atom. The first-order valence-corrected chi connectivity index (χ1v) is 4.56. The van der Waals surface area contributed by atoms with Crippen LogP contribution in [0.25, 0.3) is 0 Å². The first-order chi connectivity index (χ1) is 6.06. The predicted molar refractivity (Wildman–Crippen MR) is 49.8 cm³/mol. The molecule has 0 unspecified atom stereocenters. The van der Waals surface area contributed by atoms with Gasteiger partial charge in [-0.25, -0.2) is 13.8 Å². The van der Waals surface area contributed by atoms with Crippen LogP contribution < -0.4 is 5.73 Å². The molecule has 2 N–H and O–H groups in total. The van der Waals surface area contributed by atoms with E-state index in [2.05, 4.69) is 20.9 Å². The van der Waals surface area contributed by atoms with Crippen molar-refractivity contribution in [3.63, 3.8) is 0 Å². The quantitative estimate of drug-likeness (QED) is 0.898. The summed E-state index contributed by atoms with van der Waals surface area (Å²) in [6.45, 7) is 0.0397. The van der Waals surface area contributed by atoms with E-state index in [-0.39, 0.29) is 23.0 Å². The van der Waals surface area contributed by atoms with Crippen LogP contribution in [0.1, 0.15) is 17.8 Å². The Kier molecular flexibility index (Phi) is 3.58. The Balaban J connectivity index is 3.22. The summed E-state index contributed by atoms with van der Waals surface area (Å²) in [6, 6.07) is 1.19. The van der Waals surface area contributed by atoms with E-state index in [0.717, 1.165) is 0 Å². The van der Waals surface area contributed by atoms with E-state index in [1.54, 1.807) is 0 Å². The summed E-state index contributed by atoms with van der Waals surface area (Å²) in [5.41, 5.74) is 5.22. The monoisotopic (exact) mass is 270 g/mol. The second-order valence-electron chi connectivity index (χ2n) is 2.29. The topological polar surface area (TPSA) is 38.9 Å². The predicted octanol–water partition coefficient (Wildman–Crippen LogP) is 2.89. The van der Waals surface area contributed by atoms with Gasteiger partial charge in [0.1, 0.15) is 5.69 Å². The molecule has 0 saturated heterocycles. The molecule has 1 heterocycles. The summed E-state index contributed by atoms with van der Waals surface area (Å²) < 4.78 is 24.8. The van der Waals surface area contributed by atoms with Gasteiger partial charge in [0.25, 0.3) is 6.43 Å². The number of aromatic nitrogens is 1. The van der Waals surface area contributed by atoms with E-state index in [9.17, 15) is 8.78 Å². The van der Waals surface area contributed by atoms with Gasteiger partial charge in [-0.05, 0) is 22.0 Å². The highest BCUT2D eigenvalue weighted by molar-refractivity contribution is 9.10. The number of alkyl halides is 2. The highest BCUT2D eigenvalue weighted by Gasteiger charge is 2.14. The third-order valence-corrected chi connectivity index (χ3v) is 2.69. The Labute approximate surface area is 87.2 Å². The van der Waals surface area contributed by atoms with Crippen LogP contribution in [0.4, 0.5) is 8.78 Å². The maximum atomic E-state index is 12.2. The molecule has 0 amide bonds. The molecule has 6 heteroatoms. The zero-order valence-electron chi connectivity index (χ0n) is 6.40. The summed E-state index contributed by atoms with van der Waals surface area (Å²) >= 11 is 8.78. The maximum absolute atomic E-state index is 12.2. The second-order valence-corrected chi connectivity index (χ2v) is 3.53. The van der Waals surface area contributed by atoms with Crippen molar-refractivity contribution < 1.29 is 8.78 Å². The lowest BCUT2D eigenvalue weighted by Crippen LogP contribution is -2.04. The van der Waals surface area contributed by atoms with Gasteiger partial charge in [0.2, 0.25) is 0 Å². The Morgan fingerprint density at radius 2 is 2.23 bits per heavy atom. The normalized spacial score (nSPS) is 10.9. The average Bonchev–Trinajstić information content (AvgIpc) is 2.09. The minimum atomic E-state index is -2.61. The van der Waals surface area contributed by atoms with Crippen molar-refractivity contribution in [2.45, 2.75) is 13.0 Å². The fourth-order valence-electron chi connectivity index (χ4n) is 0.815. The maximum Gasteiger partial charge on any atom is 0.280 e. The van der Waals surface area contributed by atoms with Crippen molar-refractivity contribution in [1.82, 2.24) is 4.98 Å². The number of hydrogen-bond donors (Lipinski definition) is 1. The number of nitrogens with two attached hydrogens (primary N) is 1. The molecule has 1 aromatic heterocycles. The van der Waals surface area contributed by atoms with Gasteiger partial charge in [-0.2, -0.15) is 0 Å². The Hall–Kier alpha value is -0.260. The molecule has 0 aliphatic heterocycles. The molecule has 13 heavy (non-hydrogen) atoms. The van der Waals surface area contributed by atoms with E-state index in [4.69, 9.17) is 17.3 Å². The fraction of sp³-hybridized carbons (Fsp3) is 0.286. The molecule has 72 valence electrons. The molecule has 1 aromatic rings. The largest absolute Gasteiger partial charge is 0.325 e. The van der Waals surface area contributed by atoms with Crippen LogP contribution in [0.5, 0.6) is 0 Å². The van der Waals surface area contributed by atoms with Crippen LogP contribution in [-0.2, 0) is 6.54 Å². The van der Waals surface area contributed by atoms with Crippen molar-refractivity contribution >= 4 is 27.5 Å². The van der Waals surface area contributed by atoms with Crippen LogP contribution in [-0.4, -0.2) is 4.98 Å². The average molecular weight is 271 g/mol. The van der Waals surface area contributed by atoms with Gasteiger partial charge >= 0.3 is 0 Å². The summed E-state index contributed by atoms with van der Waals surface area (Å²) in [5, 5.41) is 0.284. The molecule has 0 spiro atoms. The van der Waals surface area contributed by atoms with Crippen LogP contribution in [0, 0.1) is 0 Å². The molecule has 0 bridgehead atoms. The molecule has 0 radical (unpaired) electrons. The van der Waals surface area contributed by atoms with E-state index in [1.807, 2.05) is 0 Å². The first kappa shape index (κ1) is 10.8. The lowest BCUT2D eigenvalue weighted by atomic mass is 10.3. The third-order valence-electron chi connectivity index (χ3n) is 1.42. The Bertz CT molecular complexity index is 320. The standard InChI is InChI=1S/C7H6BrClF2N2/c8-3-1-4(7(10)11)13-5(2-12)6(3)9/h1,7H,2,12H2. The lowest BCUT2D eigenvalue weighted by Gasteiger charge is -2.06. The third kappa shape index (κ3) is 2.36. The molecule has 0 aliphatic rings. The smallest absolute Gasteiger partial charge is 0.280 e. The van der Waals surface area contributed by atoms with E-state index < -0.39 is 6.43 Å². The number of pyridine rings is 1. The zero-order valence-corrected chi connectivity index (χ0v) is 8.74. The highest BCUT2D eigenvalue weighted by Crippen LogP contribution is 2.29. The second kappa shape index (κ2) is 4.30. The number of nitrogens with zero attached hydrogens (tertiary/aromatic N) is 1. The van der Waals surface area contributed by atoms with Gasteiger partial charge in [-0.3, -0.25) is 0 Å². The van der Waals surface area contributed by atoms with Gasteiger partial charge in [0.05, 0.1) is 10.7 Å². The number of rotatable bonds is 2. The molecule has 0 fully saturated rings. The molecule has 0 aromatic carbocycles. The van der Waals surface area contributed by atoms with E-state index in [0.29, 0.717) is 4.47 Å². The van der Waals surface area contributed by atoms with Crippen LogP contribution in [0.15, 0.2) is 10.5 Å². The fourth-order valence-corrected chi connectivity index (χ4v) is 1.45. The van der Waals surface area contributed by atoms with Gasteiger partial charge in [0.15, 0.2) is 0 Å². The highest BCUT2D eigenvalue weighted by atomic mass is 79.9. The van der Waals surface area contributed by atoms with Gasteiger partial charge in [0, 0.05) is 11.0 Å². The summed E-state index contributed by atoms with van der Waals surface area (Å²) in [6.07, 6.45) is -2.61. The van der Waals surface area contributed by atoms with E-state index >= 15 is 0 Å². The minimum Gasteiger partial charge on any atom is -0.325 e.